The highest BCUT2D eigenvalue weighted by Crippen LogP contribution is 2.36. The Hall–Kier alpha value is -1.14. The smallest absolute Gasteiger partial charge is 0.387 e. The SMILES string of the molecule is O=[N+]([O-])c1cc(Cl)c(Cl)c(OC(F)F)c1. The van der Waals surface area contributed by atoms with E-state index >= 15 is 0 Å². The Morgan fingerprint density at radius 3 is 2.47 bits per heavy atom. The van der Waals surface area contributed by atoms with Crippen LogP contribution in [-0.4, -0.2) is 11.5 Å². The van der Waals surface area contributed by atoms with E-state index in [-0.39, 0.29) is 10.0 Å². The second kappa shape index (κ2) is 4.59. The van der Waals surface area contributed by atoms with E-state index in [1.54, 1.807) is 0 Å². The van der Waals surface area contributed by atoms with Crippen LogP contribution >= 0.6 is 23.2 Å². The first kappa shape index (κ1) is 11.9. The number of non-ortho nitro benzene ring substituents is 1. The Labute approximate surface area is 92.5 Å². The van der Waals surface area contributed by atoms with E-state index in [2.05, 4.69) is 4.74 Å². The van der Waals surface area contributed by atoms with Crippen molar-refractivity contribution >= 4 is 28.9 Å². The first-order chi connectivity index (χ1) is 6.91. The molecule has 0 atom stereocenters. The topological polar surface area (TPSA) is 52.4 Å². The lowest BCUT2D eigenvalue weighted by molar-refractivity contribution is -0.385. The van der Waals surface area contributed by atoms with E-state index < -0.39 is 23.0 Å². The quantitative estimate of drug-likeness (QED) is 0.615. The third kappa shape index (κ3) is 2.90. The molecule has 4 nitrogen and oxygen atoms in total. The normalized spacial score (nSPS) is 10.5. The maximum atomic E-state index is 11.9. The molecule has 0 amide bonds. The van der Waals surface area contributed by atoms with Crippen molar-refractivity contribution in [2.45, 2.75) is 6.61 Å². The maximum absolute atomic E-state index is 11.9. The van der Waals surface area contributed by atoms with Crippen LogP contribution in [0.5, 0.6) is 5.75 Å². The van der Waals surface area contributed by atoms with Crippen LogP contribution in [0.3, 0.4) is 0 Å². The Balaban J connectivity index is 3.19. The van der Waals surface area contributed by atoms with Crippen molar-refractivity contribution in [1.29, 1.82) is 0 Å². The van der Waals surface area contributed by atoms with Crippen LogP contribution in [0.4, 0.5) is 14.5 Å². The molecule has 0 fully saturated rings. The van der Waals surface area contributed by atoms with Gasteiger partial charge in [0, 0.05) is 6.07 Å². The zero-order valence-corrected chi connectivity index (χ0v) is 8.43. The van der Waals surface area contributed by atoms with Gasteiger partial charge < -0.3 is 4.74 Å². The minimum absolute atomic E-state index is 0.221. The molecule has 0 saturated carbocycles. The van der Waals surface area contributed by atoms with Crippen LogP contribution in [-0.2, 0) is 0 Å². The van der Waals surface area contributed by atoms with Crippen LogP contribution in [0, 0.1) is 10.1 Å². The van der Waals surface area contributed by atoms with Gasteiger partial charge in [-0.25, -0.2) is 0 Å². The third-order valence-corrected chi connectivity index (χ3v) is 2.19. The average molecular weight is 258 g/mol. The Bertz CT molecular complexity index is 400. The van der Waals surface area contributed by atoms with E-state index in [0.717, 1.165) is 12.1 Å². The van der Waals surface area contributed by atoms with Crippen LogP contribution in [0.2, 0.25) is 10.0 Å². The van der Waals surface area contributed by atoms with Crippen molar-refractivity contribution in [3.8, 4) is 5.75 Å². The fourth-order valence-electron chi connectivity index (χ4n) is 0.837. The number of benzene rings is 1. The summed E-state index contributed by atoms with van der Waals surface area (Å²) in [4.78, 5) is 9.57. The molecule has 82 valence electrons. The summed E-state index contributed by atoms with van der Waals surface area (Å²) in [6.07, 6.45) is 0. The Kier molecular flexibility index (Phi) is 3.65. The van der Waals surface area contributed by atoms with Crippen molar-refractivity contribution < 1.29 is 18.4 Å². The highest BCUT2D eigenvalue weighted by Gasteiger charge is 2.17. The molecule has 1 aromatic carbocycles. The second-order valence-electron chi connectivity index (χ2n) is 2.38. The van der Waals surface area contributed by atoms with E-state index in [9.17, 15) is 18.9 Å². The highest BCUT2D eigenvalue weighted by atomic mass is 35.5. The molecule has 1 aromatic rings. The highest BCUT2D eigenvalue weighted by molar-refractivity contribution is 6.43. The number of rotatable bonds is 3. The van der Waals surface area contributed by atoms with Crippen molar-refractivity contribution in [2.24, 2.45) is 0 Å². The molecule has 0 unspecified atom stereocenters. The first-order valence-corrected chi connectivity index (χ1v) is 4.25. The monoisotopic (exact) mass is 257 g/mol. The predicted molar refractivity (Wildman–Crippen MR) is 49.7 cm³/mol. The molecule has 0 aliphatic carbocycles. The second-order valence-corrected chi connectivity index (χ2v) is 3.16. The molecule has 0 heterocycles. The lowest BCUT2D eigenvalue weighted by Gasteiger charge is -2.07. The zero-order chi connectivity index (χ0) is 11.6. The summed E-state index contributed by atoms with van der Waals surface area (Å²) in [6.45, 7) is -3.12. The van der Waals surface area contributed by atoms with Gasteiger partial charge in [-0.05, 0) is 0 Å². The largest absolute Gasteiger partial charge is 0.433 e. The zero-order valence-electron chi connectivity index (χ0n) is 6.92. The first-order valence-electron chi connectivity index (χ1n) is 3.50. The summed E-state index contributed by atoms with van der Waals surface area (Å²) in [7, 11) is 0. The van der Waals surface area contributed by atoms with Crippen molar-refractivity contribution in [2.75, 3.05) is 0 Å². The van der Waals surface area contributed by atoms with Gasteiger partial charge in [-0.3, -0.25) is 10.1 Å². The van der Waals surface area contributed by atoms with Gasteiger partial charge in [-0.1, -0.05) is 23.2 Å². The van der Waals surface area contributed by atoms with E-state index in [4.69, 9.17) is 23.2 Å². The van der Waals surface area contributed by atoms with Crippen LogP contribution in [0.15, 0.2) is 12.1 Å². The molecule has 0 bridgehead atoms. The lowest BCUT2D eigenvalue weighted by atomic mass is 10.3. The van der Waals surface area contributed by atoms with Gasteiger partial charge in [-0.15, -0.1) is 0 Å². The Morgan fingerprint density at radius 2 is 2.00 bits per heavy atom. The van der Waals surface area contributed by atoms with Gasteiger partial charge in [0.25, 0.3) is 5.69 Å². The molecule has 0 aliphatic rings. The number of nitro groups is 1. The summed E-state index contributed by atoms with van der Waals surface area (Å²) in [5.41, 5.74) is -0.472. The predicted octanol–water partition coefficient (Wildman–Crippen LogP) is 3.50. The number of hydrogen-bond donors (Lipinski definition) is 0. The van der Waals surface area contributed by atoms with Crippen LogP contribution in [0.25, 0.3) is 0 Å². The number of nitrogens with zero attached hydrogens (tertiary/aromatic N) is 1. The maximum Gasteiger partial charge on any atom is 0.387 e. The number of alkyl halides is 2. The van der Waals surface area contributed by atoms with Crippen molar-refractivity contribution in [3.05, 3.63) is 32.3 Å². The minimum Gasteiger partial charge on any atom is -0.433 e. The molecule has 15 heavy (non-hydrogen) atoms. The number of nitro benzene ring substituents is 1. The molecule has 0 spiro atoms. The van der Waals surface area contributed by atoms with E-state index in [1.165, 1.54) is 0 Å². The molecule has 8 heteroatoms. The number of ether oxygens (including phenoxy) is 1. The van der Waals surface area contributed by atoms with Crippen LogP contribution in [0.1, 0.15) is 0 Å². The summed E-state index contributed by atoms with van der Waals surface area (Å²) in [5, 5.41) is 9.85. The molecule has 0 aliphatic heterocycles. The summed E-state index contributed by atoms with van der Waals surface area (Å²) < 4.78 is 27.7. The number of halogens is 4. The van der Waals surface area contributed by atoms with Gasteiger partial charge in [-0.2, -0.15) is 8.78 Å². The molecular formula is C7H3Cl2F2NO3. The van der Waals surface area contributed by atoms with Crippen molar-refractivity contribution in [1.82, 2.24) is 0 Å². The molecule has 0 saturated heterocycles. The van der Waals surface area contributed by atoms with E-state index in [0.29, 0.717) is 0 Å². The molecular weight excluding hydrogens is 255 g/mol. The Morgan fingerprint density at radius 1 is 1.40 bits per heavy atom. The summed E-state index contributed by atoms with van der Waals surface area (Å²) in [6, 6.07) is 1.72. The summed E-state index contributed by atoms with van der Waals surface area (Å²) >= 11 is 11.0. The molecule has 0 N–H and O–H groups in total. The molecule has 1 rings (SSSR count). The fraction of sp³-hybridized carbons (Fsp3) is 0.143. The minimum atomic E-state index is -3.12. The van der Waals surface area contributed by atoms with Crippen molar-refractivity contribution in [3.63, 3.8) is 0 Å². The van der Waals surface area contributed by atoms with Crippen LogP contribution < -0.4 is 4.74 Å². The van der Waals surface area contributed by atoms with Gasteiger partial charge in [0.2, 0.25) is 0 Å². The third-order valence-electron chi connectivity index (χ3n) is 1.41. The molecule has 0 radical (unpaired) electrons. The van der Waals surface area contributed by atoms with E-state index in [1.807, 2.05) is 0 Å². The lowest BCUT2D eigenvalue weighted by Crippen LogP contribution is -2.03. The standard InChI is InChI=1S/C7H3Cl2F2NO3/c8-4-1-3(12(13)14)2-5(6(4)9)15-7(10)11/h1-2,7H. The summed E-state index contributed by atoms with van der Waals surface area (Å²) in [5.74, 6) is -0.522. The number of hydrogen-bond acceptors (Lipinski definition) is 3. The fourth-order valence-corrected chi connectivity index (χ4v) is 1.20. The van der Waals surface area contributed by atoms with Gasteiger partial charge in [0.05, 0.1) is 16.0 Å². The molecule has 0 aromatic heterocycles. The average Bonchev–Trinajstić information content (AvgIpc) is 2.11. The van der Waals surface area contributed by atoms with Gasteiger partial charge >= 0.3 is 6.61 Å². The van der Waals surface area contributed by atoms with Gasteiger partial charge in [0.15, 0.2) is 5.75 Å². The van der Waals surface area contributed by atoms with Gasteiger partial charge in [0.1, 0.15) is 5.02 Å².